The van der Waals surface area contributed by atoms with Gasteiger partial charge in [0.25, 0.3) is 0 Å². The Labute approximate surface area is 357 Å². The van der Waals surface area contributed by atoms with Crippen LogP contribution in [-0.2, 0) is 14.3 Å². The molecule has 0 aliphatic carbocycles. The molecule has 0 saturated heterocycles. The smallest absolute Gasteiger partial charge is 0.345 e. The van der Waals surface area contributed by atoms with Gasteiger partial charge in [0, 0.05) is 13.0 Å². The Balaban J connectivity index is 0. The van der Waals surface area contributed by atoms with Crippen LogP contribution in [0.5, 0.6) is 0 Å². The van der Waals surface area contributed by atoms with Crippen molar-refractivity contribution in [1.82, 2.24) is 0 Å². The van der Waals surface area contributed by atoms with E-state index in [4.69, 9.17) is 9.84 Å². The van der Waals surface area contributed by atoms with E-state index in [9.17, 15) is 14.7 Å². The highest BCUT2D eigenvalue weighted by atomic mass is 16.6. The summed E-state index contributed by atoms with van der Waals surface area (Å²) in [5.41, 5.74) is 0. The summed E-state index contributed by atoms with van der Waals surface area (Å²) >= 11 is 0. The first-order chi connectivity index (χ1) is 28.0. The molecule has 0 bridgehead atoms. The Morgan fingerprint density at radius 1 is 0.351 bits per heavy atom. The molecule has 0 heterocycles. The van der Waals surface area contributed by atoms with E-state index in [-0.39, 0.29) is 5.97 Å². The molecule has 5 heteroatoms. The van der Waals surface area contributed by atoms with Gasteiger partial charge in [-0.2, -0.15) is 0 Å². The number of ether oxygens (including phenoxy) is 1. The summed E-state index contributed by atoms with van der Waals surface area (Å²) in [5.74, 6) is -1.34. The Morgan fingerprint density at radius 3 is 0.825 bits per heavy atom. The molecule has 0 radical (unpaired) electrons. The van der Waals surface area contributed by atoms with Gasteiger partial charge in [0.2, 0.25) is 0 Å². The Kier molecular flexibility index (Phi) is 53.8. The first kappa shape index (κ1) is 58.0. The van der Waals surface area contributed by atoms with Gasteiger partial charge in [0.15, 0.2) is 6.10 Å². The van der Waals surface area contributed by atoms with Crippen LogP contribution >= 0.6 is 0 Å². The molecule has 0 aliphatic rings. The molecular weight excluding hydrogens is 705 g/mol. The monoisotopic (exact) mass is 809 g/mol. The lowest BCUT2D eigenvalue weighted by molar-refractivity contribution is -0.164. The molecule has 342 valence electrons. The molecule has 0 saturated carbocycles. The molecule has 2 N–H and O–H groups in total. The number of hydrogen-bond acceptors (Lipinski definition) is 4. The lowest BCUT2D eigenvalue weighted by atomic mass is 10.0. The summed E-state index contributed by atoms with van der Waals surface area (Å²) in [4.78, 5) is 23.7. The highest BCUT2D eigenvalue weighted by Gasteiger charge is 2.21. The van der Waals surface area contributed by atoms with Gasteiger partial charge in [-0.1, -0.05) is 278 Å². The Bertz CT molecular complexity index is 741. The van der Waals surface area contributed by atoms with Gasteiger partial charge < -0.3 is 14.9 Å². The third-order valence-corrected chi connectivity index (χ3v) is 11.9. The summed E-state index contributed by atoms with van der Waals surface area (Å²) in [5, 5.41) is 18.1. The fourth-order valence-corrected chi connectivity index (χ4v) is 7.92. The molecule has 0 aromatic heterocycles. The van der Waals surface area contributed by atoms with E-state index in [1.807, 2.05) is 0 Å². The predicted molar refractivity (Wildman–Crippen MR) is 249 cm³/mol. The minimum Gasteiger partial charge on any atom is -0.479 e. The fourth-order valence-electron chi connectivity index (χ4n) is 7.92. The molecule has 0 aromatic carbocycles. The van der Waals surface area contributed by atoms with E-state index in [0.29, 0.717) is 19.4 Å². The van der Waals surface area contributed by atoms with Gasteiger partial charge in [-0.05, 0) is 25.7 Å². The number of aliphatic hydroxyl groups is 1. The Morgan fingerprint density at radius 2 is 0.579 bits per heavy atom. The first-order valence-electron chi connectivity index (χ1n) is 26.1. The molecular formula is C52H104O5. The molecule has 1 atom stereocenters. The summed E-state index contributed by atoms with van der Waals surface area (Å²) in [7, 11) is 0. The van der Waals surface area contributed by atoms with Gasteiger partial charge in [-0.25, -0.2) is 4.79 Å². The zero-order valence-corrected chi connectivity index (χ0v) is 39.2. The number of carbonyl (C=O) groups excluding carboxylic acids is 1. The van der Waals surface area contributed by atoms with Crippen LogP contribution in [0, 0.1) is 0 Å². The standard InChI is InChI=1S/C36H70O4.C16H34O/c1-3-5-7-9-11-13-15-17-19-21-23-25-27-29-31-33-35(37)40-34(36(38)39)32-30-28-26-24-22-20-18-16-14-12-10-8-6-4-2;1-2-3-4-5-6-7-8-9-10-11-12-13-14-15-16-17/h34H,3-33H2,1-2H3,(H,38,39);17H,2-16H2,1H3. The Hall–Kier alpha value is -1.10. The van der Waals surface area contributed by atoms with Gasteiger partial charge in [0.1, 0.15) is 0 Å². The van der Waals surface area contributed by atoms with E-state index < -0.39 is 12.1 Å². The zero-order chi connectivity index (χ0) is 42.0. The second kappa shape index (κ2) is 52.9. The zero-order valence-electron chi connectivity index (χ0n) is 39.2. The molecule has 0 aliphatic heterocycles. The second-order valence-electron chi connectivity index (χ2n) is 17.7. The lowest BCUT2D eigenvalue weighted by Crippen LogP contribution is -2.27. The lowest BCUT2D eigenvalue weighted by Gasteiger charge is -2.13. The summed E-state index contributed by atoms with van der Waals surface area (Å²) in [6.07, 6.45) is 56.2. The molecule has 0 amide bonds. The third kappa shape index (κ3) is 52.9. The molecule has 5 nitrogen and oxygen atoms in total. The van der Waals surface area contributed by atoms with Crippen LogP contribution in [0.25, 0.3) is 0 Å². The van der Waals surface area contributed by atoms with Crippen molar-refractivity contribution >= 4 is 11.9 Å². The number of carbonyl (C=O) groups is 2. The number of unbranched alkanes of at least 4 members (excludes halogenated alkanes) is 40. The van der Waals surface area contributed by atoms with Crippen LogP contribution in [0.4, 0.5) is 0 Å². The first-order valence-corrected chi connectivity index (χ1v) is 26.1. The molecule has 0 fully saturated rings. The van der Waals surface area contributed by atoms with Crippen molar-refractivity contribution in [2.75, 3.05) is 6.61 Å². The molecule has 0 spiro atoms. The van der Waals surface area contributed by atoms with Crippen LogP contribution in [-0.4, -0.2) is 34.9 Å². The highest BCUT2D eigenvalue weighted by molar-refractivity contribution is 5.77. The van der Waals surface area contributed by atoms with Crippen LogP contribution in [0.2, 0.25) is 0 Å². The maximum atomic E-state index is 12.2. The van der Waals surface area contributed by atoms with Crippen molar-refractivity contribution in [2.24, 2.45) is 0 Å². The maximum Gasteiger partial charge on any atom is 0.345 e. The molecule has 0 aromatic rings. The number of aliphatic carboxylic acids is 1. The van der Waals surface area contributed by atoms with E-state index in [0.717, 1.165) is 44.9 Å². The summed E-state index contributed by atoms with van der Waals surface area (Å²) < 4.78 is 5.31. The van der Waals surface area contributed by atoms with E-state index in [2.05, 4.69) is 20.8 Å². The topological polar surface area (TPSA) is 83.8 Å². The minimum absolute atomic E-state index is 0.340. The average molecular weight is 809 g/mol. The number of esters is 1. The average Bonchev–Trinajstić information content (AvgIpc) is 3.21. The highest BCUT2D eigenvalue weighted by Crippen LogP contribution is 2.17. The van der Waals surface area contributed by atoms with Crippen molar-refractivity contribution in [3.05, 3.63) is 0 Å². The summed E-state index contributed by atoms with van der Waals surface area (Å²) in [6.45, 7) is 7.19. The maximum absolute atomic E-state index is 12.2. The number of carboxylic acids is 1. The van der Waals surface area contributed by atoms with Gasteiger partial charge >= 0.3 is 11.9 Å². The van der Waals surface area contributed by atoms with E-state index in [1.54, 1.807) is 0 Å². The van der Waals surface area contributed by atoms with Crippen molar-refractivity contribution in [3.63, 3.8) is 0 Å². The van der Waals surface area contributed by atoms with Crippen LogP contribution in [0.15, 0.2) is 0 Å². The number of hydrogen-bond donors (Lipinski definition) is 2. The molecule has 1 unspecified atom stereocenters. The van der Waals surface area contributed by atoms with Crippen molar-refractivity contribution in [3.8, 4) is 0 Å². The fraction of sp³-hybridized carbons (Fsp3) is 0.962. The molecule has 57 heavy (non-hydrogen) atoms. The summed E-state index contributed by atoms with van der Waals surface area (Å²) in [6, 6.07) is 0. The largest absolute Gasteiger partial charge is 0.479 e. The quantitative estimate of drug-likeness (QED) is 0.0472. The molecule has 0 rings (SSSR count). The van der Waals surface area contributed by atoms with E-state index in [1.165, 1.54) is 231 Å². The van der Waals surface area contributed by atoms with Gasteiger partial charge in [-0.15, -0.1) is 0 Å². The minimum atomic E-state index is -1.00. The van der Waals surface area contributed by atoms with Crippen LogP contribution in [0.3, 0.4) is 0 Å². The second-order valence-corrected chi connectivity index (χ2v) is 17.7. The predicted octanol–water partition coefficient (Wildman–Crippen LogP) is 17.6. The van der Waals surface area contributed by atoms with Crippen molar-refractivity contribution in [1.29, 1.82) is 0 Å². The van der Waals surface area contributed by atoms with Crippen LogP contribution in [0.1, 0.15) is 310 Å². The van der Waals surface area contributed by atoms with Gasteiger partial charge in [0.05, 0.1) is 0 Å². The van der Waals surface area contributed by atoms with E-state index >= 15 is 0 Å². The van der Waals surface area contributed by atoms with Crippen LogP contribution < -0.4 is 0 Å². The van der Waals surface area contributed by atoms with Gasteiger partial charge in [-0.3, -0.25) is 4.79 Å². The normalized spacial score (nSPS) is 11.7. The van der Waals surface area contributed by atoms with Crippen molar-refractivity contribution < 1.29 is 24.5 Å². The SMILES string of the molecule is CCCCCCCCCCCCCCCCCC(=O)OC(CCCCCCCCCCCCCCCC)C(=O)O.CCCCCCCCCCCCCCCCO. The third-order valence-electron chi connectivity index (χ3n) is 11.9. The number of carboxylic acid groups (broad SMARTS) is 1. The number of aliphatic hydroxyl groups excluding tert-OH is 1. The number of rotatable bonds is 47. The van der Waals surface area contributed by atoms with Crippen molar-refractivity contribution in [2.45, 2.75) is 316 Å².